The first-order valence-electron chi connectivity index (χ1n) is 9.10. The minimum Gasteiger partial charge on any atom is -0.352 e. The van der Waals surface area contributed by atoms with Gasteiger partial charge in [-0.05, 0) is 30.2 Å². The molecule has 28 heavy (non-hydrogen) atoms. The van der Waals surface area contributed by atoms with E-state index in [9.17, 15) is 4.79 Å². The third-order valence-corrected chi connectivity index (χ3v) is 5.03. The lowest BCUT2D eigenvalue weighted by atomic mass is 10.2. The third-order valence-electron chi connectivity index (χ3n) is 4.82. The van der Waals surface area contributed by atoms with Gasteiger partial charge in [-0.1, -0.05) is 23.7 Å². The fourth-order valence-electron chi connectivity index (χ4n) is 3.32. The Morgan fingerprint density at radius 1 is 1.32 bits per heavy atom. The number of carbonyl (C=O) groups excluding carboxylic acids is 1. The number of rotatable bonds is 5. The van der Waals surface area contributed by atoms with Gasteiger partial charge in [-0.25, -0.2) is 0 Å². The van der Waals surface area contributed by atoms with Crippen molar-refractivity contribution >= 4 is 53.1 Å². The number of anilines is 1. The third kappa shape index (κ3) is 5.41. The van der Waals surface area contributed by atoms with Crippen LogP contribution in [0.15, 0.2) is 41.5 Å². The Hall–Kier alpha value is -1.74. The lowest BCUT2D eigenvalue weighted by Crippen LogP contribution is -2.38. The number of aliphatic imine (C=N–C) groups is 1. The van der Waals surface area contributed by atoms with Crippen LogP contribution in [0, 0.1) is 0 Å². The molecule has 1 N–H and O–H groups in total. The minimum absolute atomic E-state index is 0. The van der Waals surface area contributed by atoms with Crippen molar-refractivity contribution in [3.05, 3.63) is 52.8 Å². The summed E-state index contributed by atoms with van der Waals surface area (Å²) in [5.41, 5.74) is 3.23. The molecule has 1 saturated heterocycles. The summed E-state index contributed by atoms with van der Waals surface area (Å²) < 4.78 is 2.02. The molecule has 0 unspecified atom stereocenters. The van der Waals surface area contributed by atoms with Crippen molar-refractivity contribution in [3.8, 4) is 0 Å². The van der Waals surface area contributed by atoms with E-state index in [2.05, 4.69) is 27.3 Å². The molecular weight excluding hydrogens is 489 g/mol. The molecular formula is C20H27ClIN5O. The fourth-order valence-corrected chi connectivity index (χ4v) is 3.59. The summed E-state index contributed by atoms with van der Waals surface area (Å²) in [5, 5.41) is 4.12. The summed E-state index contributed by atoms with van der Waals surface area (Å²) >= 11 is 6.06. The van der Waals surface area contributed by atoms with Crippen LogP contribution >= 0.6 is 35.6 Å². The summed E-state index contributed by atoms with van der Waals surface area (Å²) in [4.78, 5) is 20.1. The van der Waals surface area contributed by atoms with Crippen molar-refractivity contribution < 1.29 is 4.79 Å². The molecule has 1 fully saturated rings. The zero-order chi connectivity index (χ0) is 19.4. The molecule has 152 valence electrons. The Balaban J connectivity index is 0.00000280. The Kier molecular flexibility index (Phi) is 8.18. The molecule has 1 aliphatic heterocycles. The first kappa shape index (κ1) is 22.5. The van der Waals surface area contributed by atoms with Gasteiger partial charge in [0.1, 0.15) is 0 Å². The van der Waals surface area contributed by atoms with Crippen LogP contribution in [0.1, 0.15) is 24.1 Å². The van der Waals surface area contributed by atoms with Gasteiger partial charge >= 0.3 is 0 Å². The number of nitrogens with one attached hydrogen (secondary N) is 1. The molecule has 1 aromatic carbocycles. The monoisotopic (exact) mass is 515 g/mol. The molecule has 3 rings (SSSR count). The van der Waals surface area contributed by atoms with E-state index in [1.807, 2.05) is 48.0 Å². The van der Waals surface area contributed by atoms with Gasteiger partial charge < -0.3 is 19.7 Å². The van der Waals surface area contributed by atoms with Gasteiger partial charge in [0.25, 0.3) is 0 Å². The van der Waals surface area contributed by atoms with Crippen molar-refractivity contribution in [2.24, 2.45) is 12.0 Å². The Labute approximate surface area is 188 Å². The minimum atomic E-state index is 0. The van der Waals surface area contributed by atoms with E-state index >= 15 is 0 Å². The van der Waals surface area contributed by atoms with Crippen LogP contribution in [0.5, 0.6) is 0 Å². The molecule has 1 amide bonds. The summed E-state index contributed by atoms with van der Waals surface area (Å²) in [6.07, 6.45) is 3.49. The van der Waals surface area contributed by atoms with E-state index in [1.165, 1.54) is 0 Å². The number of benzene rings is 1. The van der Waals surface area contributed by atoms with E-state index in [0.29, 0.717) is 19.5 Å². The Morgan fingerprint density at radius 2 is 2.04 bits per heavy atom. The molecule has 0 bridgehead atoms. The maximum absolute atomic E-state index is 11.8. The zero-order valence-electron chi connectivity index (χ0n) is 16.5. The zero-order valence-corrected chi connectivity index (χ0v) is 19.6. The second-order valence-corrected chi connectivity index (χ2v) is 7.27. The molecule has 2 aromatic rings. The van der Waals surface area contributed by atoms with Crippen molar-refractivity contribution in [1.29, 1.82) is 0 Å². The number of hydrogen-bond donors (Lipinski definition) is 1. The maximum Gasteiger partial charge on any atom is 0.227 e. The van der Waals surface area contributed by atoms with Crippen LogP contribution in [0.3, 0.4) is 0 Å². The predicted molar refractivity (Wildman–Crippen MR) is 126 cm³/mol. The molecule has 1 aliphatic rings. The van der Waals surface area contributed by atoms with Crippen LogP contribution in [0.25, 0.3) is 0 Å². The molecule has 0 aliphatic carbocycles. The fraction of sp³-hybridized carbons (Fsp3) is 0.400. The highest BCUT2D eigenvalue weighted by molar-refractivity contribution is 14.0. The summed E-state index contributed by atoms with van der Waals surface area (Å²) in [7, 11) is 5.76. The second kappa shape index (κ2) is 10.2. The van der Waals surface area contributed by atoms with Gasteiger partial charge in [-0.2, -0.15) is 0 Å². The maximum atomic E-state index is 11.8. The van der Waals surface area contributed by atoms with Gasteiger partial charge in [0, 0.05) is 58.2 Å². The molecule has 1 aromatic heterocycles. The number of amides is 1. The van der Waals surface area contributed by atoms with Gasteiger partial charge in [-0.3, -0.25) is 9.79 Å². The topological polar surface area (TPSA) is 52.9 Å². The average molecular weight is 516 g/mol. The first-order valence-corrected chi connectivity index (χ1v) is 9.47. The number of halogens is 2. The highest BCUT2D eigenvalue weighted by atomic mass is 127. The van der Waals surface area contributed by atoms with Crippen molar-refractivity contribution in [1.82, 2.24) is 14.8 Å². The van der Waals surface area contributed by atoms with Crippen molar-refractivity contribution in [3.63, 3.8) is 0 Å². The van der Waals surface area contributed by atoms with Crippen LogP contribution in [0.2, 0.25) is 5.02 Å². The smallest absolute Gasteiger partial charge is 0.227 e. The van der Waals surface area contributed by atoms with Crippen LogP contribution in [0.4, 0.5) is 5.69 Å². The van der Waals surface area contributed by atoms with Gasteiger partial charge in [-0.15, -0.1) is 24.0 Å². The van der Waals surface area contributed by atoms with Crippen LogP contribution in [-0.2, 0) is 24.9 Å². The summed E-state index contributed by atoms with van der Waals surface area (Å²) in [6.45, 7) is 2.19. The van der Waals surface area contributed by atoms with E-state index in [4.69, 9.17) is 11.6 Å². The molecule has 6 nitrogen and oxygen atoms in total. The quantitative estimate of drug-likeness (QED) is 0.376. The standard InChI is InChI=1S/C20H26ClN5O.HI/c1-22-20(25(3)14-18-11-16(21)13-24(18)2)23-12-15-6-8-17(9-7-15)26-10-4-5-19(26)27;/h6-9,11,13H,4-5,10,12,14H2,1-3H3,(H,22,23);1H. The Morgan fingerprint density at radius 3 is 2.57 bits per heavy atom. The van der Waals surface area contributed by atoms with E-state index < -0.39 is 0 Å². The van der Waals surface area contributed by atoms with Crippen LogP contribution in [-0.4, -0.2) is 42.0 Å². The average Bonchev–Trinajstić information content (AvgIpc) is 3.21. The summed E-state index contributed by atoms with van der Waals surface area (Å²) in [5.74, 6) is 1.02. The predicted octanol–water partition coefficient (Wildman–Crippen LogP) is 3.63. The normalized spacial score (nSPS) is 14.2. The lowest BCUT2D eigenvalue weighted by molar-refractivity contribution is -0.117. The lowest BCUT2D eigenvalue weighted by Gasteiger charge is -2.22. The van der Waals surface area contributed by atoms with E-state index in [1.54, 1.807) is 7.05 Å². The number of nitrogens with zero attached hydrogens (tertiary/aromatic N) is 4. The molecule has 0 saturated carbocycles. The SMILES string of the molecule is CN=C(NCc1ccc(N2CCCC2=O)cc1)N(C)Cc1cc(Cl)cn1C.I. The molecule has 0 atom stereocenters. The molecule has 8 heteroatoms. The Bertz CT molecular complexity index is 834. The van der Waals surface area contributed by atoms with Crippen molar-refractivity contribution in [2.45, 2.75) is 25.9 Å². The van der Waals surface area contributed by atoms with Crippen molar-refractivity contribution in [2.75, 3.05) is 25.5 Å². The second-order valence-electron chi connectivity index (χ2n) is 6.83. The molecule has 2 heterocycles. The summed E-state index contributed by atoms with van der Waals surface area (Å²) in [6, 6.07) is 10.1. The number of aryl methyl sites for hydroxylation is 1. The van der Waals surface area contributed by atoms with E-state index in [-0.39, 0.29) is 29.9 Å². The molecule has 0 radical (unpaired) electrons. The largest absolute Gasteiger partial charge is 0.352 e. The number of carbonyl (C=O) groups is 1. The van der Waals surface area contributed by atoms with Gasteiger partial charge in [0.15, 0.2) is 5.96 Å². The number of hydrogen-bond acceptors (Lipinski definition) is 2. The number of aromatic nitrogens is 1. The number of guanidine groups is 1. The van der Waals surface area contributed by atoms with Gasteiger partial charge in [0.05, 0.1) is 11.6 Å². The highest BCUT2D eigenvalue weighted by Gasteiger charge is 2.21. The highest BCUT2D eigenvalue weighted by Crippen LogP contribution is 2.21. The van der Waals surface area contributed by atoms with Crippen LogP contribution < -0.4 is 10.2 Å². The van der Waals surface area contributed by atoms with E-state index in [0.717, 1.165) is 40.9 Å². The van der Waals surface area contributed by atoms with Gasteiger partial charge in [0.2, 0.25) is 5.91 Å². The first-order chi connectivity index (χ1) is 13.0. The molecule has 0 spiro atoms.